The number of amides is 1. The van der Waals surface area contributed by atoms with Gasteiger partial charge in [0.05, 0.1) is 5.69 Å². The highest BCUT2D eigenvalue weighted by Gasteiger charge is 2.27. The van der Waals surface area contributed by atoms with Crippen LogP contribution in [0.4, 0.5) is 0 Å². The van der Waals surface area contributed by atoms with Crippen LogP contribution >= 0.6 is 0 Å². The standard InChI is InChI=1S/C11H18N4O/c1-2-3-10(11(16)13-12)15-7-6-9(14-15)8-4-5-8/h6-8,10H,2-5,12H2,1H3,(H,13,16). The molecule has 0 spiro atoms. The molecule has 0 saturated heterocycles. The molecule has 88 valence electrons. The number of hydrogen-bond acceptors (Lipinski definition) is 3. The smallest absolute Gasteiger partial charge is 0.258 e. The van der Waals surface area contributed by atoms with Gasteiger partial charge in [-0.1, -0.05) is 13.3 Å². The van der Waals surface area contributed by atoms with E-state index in [1.165, 1.54) is 12.8 Å². The van der Waals surface area contributed by atoms with Gasteiger partial charge in [-0.15, -0.1) is 0 Å². The van der Waals surface area contributed by atoms with Crippen molar-refractivity contribution in [1.29, 1.82) is 0 Å². The Kier molecular flexibility index (Phi) is 3.24. The first kappa shape index (κ1) is 11.1. The first-order chi connectivity index (χ1) is 7.76. The Bertz CT molecular complexity index is 370. The van der Waals surface area contributed by atoms with Gasteiger partial charge in [0.25, 0.3) is 5.91 Å². The molecule has 1 aliphatic carbocycles. The number of hydrogen-bond donors (Lipinski definition) is 2. The molecule has 1 aromatic heterocycles. The second kappa shape index (κ2) is 4.65. The fourth-order valence-electron chi connectivity index (χ4n) is 1.88. The van der Waals surface area contributed by atoms with Gasteiger partial charge in [-0.25, -0.2) is 5.84 Å². The van der Waals surface area contributed by atoms with E-state index >= 15 is 0 Å². The maximum Gasteiger partial charge on any atom is 0.258 e. The van der Waals surface area contributed by atoms with Crippen LogP contribution in [0.1, 0.15) is 50.3 Å². The second-order valence-corrected chi connectivity index (χ2v) is 4.31. The number of hydrazine groups is 1. The highest BCUT2D eigenvalue weighted by atomic mass is 16.2. The maximum atomic E-state index is 11.6. The molecule has 1 heterocycles. The van der Waals surface area contributed by atoms with Crippen LogP contribution in [0.25, 0.3) is 0 Å². The number of nitrogens with zero attached hydrogens (tertiary/aromatic N) is 2. The molecule has 0 aromatic carbocycles. The molecule has 0 aliphatic heterocycles. The average Bonchev–Trinajstić information content (AvgIpc) is 3.04. The van der Waals surface area contributed by atoms with Crippen molar-refractivity contribution in [2.24, 2.45) is 5.84 Å². The number of nitrogens with one attached hydrogen (secondary N) is 1. The molecule has 1 saturated carbocycles. The van der Waals surface area contributed by atoms with Gasteiger partial charge >= 0.3 is 0 Å². The minimum atomic E-state index is -0.275. The van der Waals surface area contributed by atoms with Gasteiger partial charge in [0.15, 0.2) is 0 Å². The number of rotatable bonds is 5. The first-order valence-corrected chi connectivity index (χ1v) is 5.81. The molecule has 1 unspecified atom stereocenters. The van der Waals surface area contributed by atoms with Crippen molar-refractivity contribution in [1.82, 2.24) is 15.2 Å². The Balaban J connectivity index is 2.13. The summed E-state index contributed by atoms with van der Waals surface area (Å²) >= 11 is 0. The van der Waals surface area contributed by atoms with Crippen molar-refractivity contribution >= 4 is 5.91 Å². The lowest BCUT2D eigenvalue weighted by Gasteiger charge is -2.14. The van der Waals surface area contributed by atoms with Gasteiger partial charge in [0.1, 0.15) is 6.04 Å². The van der Waals surface area contributed by atoms with Crippen molar-refractivity contribution in [3.8, 4) is 0 Å². The summed E-state index contributed by atoms with van der Waals surface area (Å²) in [6.07, 6.45) is 6.01. The lowest BCUT2D eigenvalue weighted by molar-refractivity contribution is -0.124. The molecule has 16 heavy (non-hydrogen) atoms. The molecule has 1 fully saturated rings. The fourth-order valence-corrected chi connectivity index (χ4v) is 1.88. The minimum absolute atomic E-state index is 0.174. The van der Waals surface area contributed by atoms with E-state index in [1.54, 1.807) is 4.68 Å². The third-order valence-electron chi connectivity index (χ3n) is 2.95. The third kappa shape index (κ3) is 2.24. The summed E-state index contributed by atoms with van der Waals surface area (Å²) in [6, 6.07) is 1.73. The summed E-state index contributed by atoms with van der Waals surface area (Å²) in [5.41, 5.74) is 3.31. The molecule has 5 heteroatoms. The molecule has 3 N–H and O–H groups in total. The van der Waals surface area contributed by atoms with E-state index < -0.39 is 0 Å². The van der Waals surface area contributed by atoms with E-state index in [0.717, 1.165) is 18.5 Å². The van der Waals surface area contributed by atoms with Crippen LogP contribution in [0.3, 0.4) is 0 Å². The molecular formula is C11H18N4O. The van der Waals surface area contributed by atoms with Gasteiger partial charge in [-0.3, -0.25) is 14.9 Å². The van der Waals surface area contributed by atoms with Crippen LogP contribution in [0.5, 0.6) is 0 Å². The molecule has 1 amide bonds. The number of aromatic nitrogens is 2. The van der Waals surface area contributed by atoms with E-state index in [0.29, 0.717) is 5.92 Å². The minimum Gasteiger partial charge on any atom is -0.292 e. The van der Waals surface area contributed by atoms with Crippen molar-refractivity contribution in [3.63, 3.8) is 0 Å². The van der Waals surface area contributed by atoms with Gasteiger partial charge in [0, 0.05) is 12.1 Å². The maximum absolute atomic E-state index is 11.6. The number of carbonyl (C=O) groups is 1. The number of nitrogens with two attached hydrogens (primary N) is 1. The lowest BCUT2D eigenvalue weighted by Crippen LogP contribution is -2.37. The first-order valence-electron chi connectivity index (χ1n) is 5.81. The summed E-state index contributed by atoms with van der Waals surface area (Å²) in [5, 5.41) is 4.46. The largest absolute Gasteiger partial charge is 0.292 e. The van der Waals surface area contributed by atoms with Crippen molar-refractivity contribution in [2.75, 3.05) is 0 Å². The Morgan fingerprint density at radius 1 is 1.75 bits per heavy atom. The molecule has 0 radical (unpaired) electrons. The van der Waals surface area contributed by atoms with Crippen LogP contribution in [-0.4, -0.2) is 15.7 Å². The van der Waals surface area contributed by atoms with Gasteiger partial charge in [-0.2, -0.15) is 5.10 Å². The summed E-state index contributed by atoms with van der Waals surface area (Å²) in [6.45, 7) is 2.04. The normalized spacial score (nSPS) is 17.1. The SMILES string of the molecule is CCCC(C(=O)NN)n1ccc(C2CC2)n1. The quantitative estimate of drug-likeness (QED) is 0.445. The number of carbonyl (C=O) groups excluding carboxylic acids is 1. The van der Waals surface area contributed by atoms with E-state index in [9.17, 15) is 4.79 Å². The fraction of sp³-hybridized carbons (Fsp3) is 0.636. The van der Waals surface area contributed by atoms with Crippen LogP contribution < -0.4 is 11.3 Å². The zero-order valence-corrected chi connectivity index (χ0v) is 9.52. The molecule has 1 aromatic rings. The molecule has 0 bridgehead atoms. The van der Waals surface area contributed by atoms with Crippen LogP contribution in [-0.2, 0) is 4.79 Å². The van der Waals surface area contributed by atoms with Gasteiger partial charge in [-0.05, 0) is 25.3 Å². The zero-order valence-electron chi connectivity index (χ0n) is 9.52. The summed E-state index contributed by atoms with van der Waals surface area (Å²) in [4.78, 5) is 11.6. The van der Waals surface area contributed by atoms with E-state index in [2.05, 4.69) is 10.5 Å². The summed E-state index contributed by atoms with van der Waals surface area (Å²) in [7, 11) is 0. The Hall–Kier alpha value is -1.36. The Labute approximate surface area is 95.0 Å². The van der Waals surface area contributed by atoms with Crippen LogP contribution in [0.2, 0.25) is 0 Å². The molecular weight excluding hydrogens is 204 g/mol. The van der Waals surface area contributed by atoms with Crippen LogP contribution in [0, 0.1) is 0 Å². The summed E-state index contributed by atoms with van der Waals surface area (Å²) in [5.74, 6) is 5.62. The second-order valence-electron chi connectivity index (χ2n) is 4.31. The molecule has 1 atom stereocenters. The van der Waals surface area contributed by atoms with E-state index in [-0.39, 0.29) is 11.9 Å². The monoisotopic (exact) mass is 222 g/mol. The Morgan fingerprint density at radius 3 is 3.06 bits per heavy atom. The zero-order chi connectivity index (χ0) is 11.5. The topological polar surface area (TPSA) is 72.9 Å². The molecule has 2 rings (SSSR count). The average molecular weight is 222 g/mol. The van der Waals surface area contributed by atoms with Crippen molar-refractivity contribution in [2.45, 2.75) is 44.6 Å². The van der Waals surface area contributed by atoms with E-state index in [1.807, 2.05) is 19.2 Å². The van der Waals surface area contributed by atoms with E-state index in [4.69, 9.17) is 5.84 Å². The molecule has 5 nitrogen and oxygen atoms in total. The third-order valence-corrected chi connectivity index (χ3v) is 2.95. The highest BCUT2D eigenvalue weighted by Crippen LogP contribution is 2.39. The van der Waals surface area contributed by atoms with Crippen LogP contribution in [0.15, 0.2) is 12.3 Å². The van der Waals surface area contributed by atoms with Gasteiger partial charge < -0.3 is 0 Å². The predicted molar refractivity (Wildman–Crippen MR) is 60.5 cm³/mol. The van der Waals surface area contributed by atoms with Crippen molar-refractivity contribution < 1.29 is 4.79 Å². The summed E-state index contributed by atoms with van der Waals surface area (Å²) < 4.78 is 1.74. The lowest BCUT2D eigenvalue weighted by atomic mass is 10.1. The highest BCUT2D eigenvalue weighted by molar-refractivity contribution is 5.79. The Morgan fingerprint density at radius 2 is 2.50 bits per heavy atom. The van der Waals surface area contributed by atoms with Gasteiger partial charge in [0.2, 0.25) is 0 Å². The van der Waals surface area contributed by atoms with Crippen molar-refractivity contribution in [3.05, 3.63) is 18.0 Å². The molecule has 1 aliphatic rings. The predicted octanol–water partition coefficient (Wildman–Crippen LogP) is 1.09.